The molecule has 1 aromatic carbocycles. The van der Waals surface area contributed by atoms with E-state index in [2.05, 4.69) is 15.2 Å². The number of fused-ring (bicyclic) bond motifs is 2. The number of para-hydroxylation sites is 2. The van der Waals surface area contributed by atoms with Crippen LogP contribution in [0.15, 0.2) is 42.6 Å². The summed E-state index contributed by atoms with van der Waals surface area (Å²) in [6, 6.07) is 10.7. The van der Waals surface area contributed by atoms with Crippen molar-refractivity contribution in [1.29, 1.82) is 0 Å². The zero-order chi connectivity index (χ0) is 22.8. The van der Waals surface area contributed by atoms with Gasteiger partial charge in [-0.3, -0.25) is 9.59 Å². The summed E-state index contributed by atoms with van der Waals surface area (Å²) in [6.45, 7) is 2.50. The maximum absolute atomic E-state index is 13.4. The highest BCUT2D eigenvalue weighted by Crippen LogP contribution is 2.32. The highest BCUT2D eigenvalue weighted by molar-refractivity contribution is 5.98. The van der Waals surface area contributed by atoms with Gasteiger partial charge in [0.15, 0.2) is 11.5 Å². The fourth-order valence-electron chi connectivity index (χ4n) is 3.43. The Hall–Kier alpha value is -3.13. The average molecular weight is 441 g/mol. The van der Waals surface area contributed by atoms with Crippen LogP contribution in [0.3, 0.4) is 0 Å². The lowest BCUT2D eigenvalue weighted by atomic mass is 10.2. The van der Waals surface area contributed by atoms with Gasteiger partial charge < -0.3 is 24.6 Å². The van der Waals surface area contributed by atoms with E-state index in [4.69, 9.17) is 9.47 Å². The molecule has 172 valence electrons. The predicted octanol–water partition coefficient (Wildman–Crippen LogP) is 2.95. The Labute approximate surface area is 189 Å². The van der Waals surface area contributed by atoms with E-state index in [-0.39, 0.29) is 24.2 Å². The number of rotatable bonds is 6. The molecule has 1 aliphatic heterocycles. The van der Waals surface area contributed by atoms with Crippen LogP contribution >= 0.6 is 0 Å². The van der Waals surface area contributed by atoms with E-state index in [0.29, 0.717) is 36.8 Å². The van der Waals surface area contributed by atoms with E-state index >= 15 is 0 Å². The lowest BCUT2D eigenvalue weighted by Gasteiger charge is -2.23. The number of pyridine rings is 1. The van der Waals surface area contributed by atoms with Gasteiger partial charge in [0.25, 0.3) is 5.91 Å². The summed E-state index contributed by atoms with van der Waals surface area (Å²) in [5, 5.41) is 2.91. The number of aromatic nitrogens is 1. The zero-order valence-corrected chi connectivity index (χ0v) is 18.9. The van der Waals surface area contributed by atoms with Crippen LogP contribution in [0.1, 0.15) is 36.0 Å². The number of hydrogen-bond donors (Lipinski definition) is 1. The molecule has 8 nitrogen and oxygen atoms in total. The van der Waals surface area contributed by atoms with Gasteiger partial charge in [-0.25, -0.2) is 4.98 Å². The zero-order valence-electron chi connectivity index (χ0n) is 18.9. The molecule has 1 N–H and O–H groups in total. The molecule has 0 saturated carbocycles. The van der Waals surface area contributed by atoms with Gasteiger partial charge in [-0.05, 0) is 70.6 Å². The topological polar surface area (TPSA) is 84.0 Å². The SMILES string of the molecule is CN(C)CCCNC(=O)CN1CCCCCOc2ccccc2Oc2ncccc2C1=O. The second kappa shape index (κ2) is 12.0. The highest BCUT2D eigenvalue weighted by Gasteiger charge is 2.23. The second-order valence-electron chi connectivity index (χ2n) is 8.05. The first-order valence-corrected chi connectivity index (χ1v) is 11.1. The maximum Gasteiger partial charge on any atom is 0.259 e. The highest BCUT2D eigenvalue weighted by atomic mass is 16.5. The number of benzene rings is 1. The van der Waals surface area contributed by atoms with E-state index in [1.54, 1.807) is 29.3 Å². The largest absolute Gasteiger partial charge is 0.490 e. The maximum atomic E-state index is 13.4. The Morgan fingerprint density at radius 1 is 1.12 bits per heavy atom. The Bertz CT molecular complexity index is 903. The van der Waals surface area contributed by atoms with Crippen molar-refractivity contribution in [2.45, 2.75) is 25.7 Å². The summed E-state index contributed by atoms with van der Waals surface area (Å²) < 4.78 is 11.9. The van der Waals surface area contributed by atoms with E-state index in [1.807, 2.05) is 32.3 Å². The van der Waals surface area contributed by atoms with Gasteiger partial charge in [-0.15, -0.1) is 0 Å². The molecule has 0 aliphatic carbocycles. The van der Waals surface area contributed by atoms with Crippen LogP contribution < -0.4 is 14.8 Å². The third-order valence-corrected chi connectivity index (χ3v) is 5.11. The Morgan fingerprint density at radius 3 is 2.75 bits per heavy atom. The summed E-state index contributed by atoms with van der Waals surface area (Å²) in [6.07, 6.45) is 4.94. The molecular weight excluding hydrogens is 408 g/mol. The summed E-state index contributed by atoms with van der Waals surface area (Å²) >= 11 is 0. The van der Waals surface area contributed by atoms with Crippen LogP contribution in [0.4, 0.5) is 0 Å². The second-order valence-corrected chi connectivity index (χ2v) is 8.05. The normalized spacial score (nSPS) is 14.7. The molecular formula is C24H32N4O4. The van der Waals surface area contributed by atoms with Gasteiger partial charge in [0.05, 0.1) is 13.2 Å². The van der Waals surface area contributed by atoms with Crippen LogP contribution in [-0.4, -0.2) is 73.5 Å². The molecule has 0 spiro atoms. The number of nitrogens with zero attached hydrogens (tertiary/aromatic N) is 3. The minimum absolute atomic E-state index is 0.00220. The van der Waals surface area contributed by atoms with Gasteiger partial charge in [0, 0.05) is 19.3 Å². The van der Waals surface area contributed by atoms with E-state index in [9.17, 15) is 9.59 Å². The molecule has 0 saturated heterocycles. The third kappa shape index (κ3) is 6.95. The third-order valence-electron chi connectivity index (χ3n) is 5.11. The first-order valence-electron chi connectivity index (χ1n) is 11.1. The predicted molar refractivity (Wildman–Crippen MR) is 122 cm³/mol. The van der Waals surface area contributed by atoms with Crippen molar-refractivity contribution < 1.29 is 19.1 Å². The van der Waals surface area contributed by atoms with Gasteiger partial charge in [-0.1, -0.05) is 12.1 Å². The first-order chi connectivity index (χ1) is 15.5. The van der Waals surface area contributed by atoms with Crippen molar-refractivity contribution in [2.75, 3.05) is 46.9 Å². The van der Waals surface area contributed by atoms with Crippen molar-refractivity contribution in [3.8, 4) is 17.4 Å². The minimum Gasteiger partial charge on any atom is -0.490 e. The van der Waals surface area contributed by atoms with E-state index in [1.165, 1.54) is 0 Å². The van der Waals surface area contributed by atoms with E-state index in [0.717, 1.165) is 32.2 Å². The molecule has 8 heteroatoms. The molecule has 3 rings (SSSR count). The monoisotopic (exact) mass is 440 g/mol. The summed E-state index contributed by atoms with van der Waals surface area (Å²) in [5.41, 5.74) is 0.321. The molecule has 2 aromatic rings. The molecule has 0 radical (unpaired) electrons. The summed E-state index contributed by atoms with van der Waals surface area (Å²) in [4.78, 5) is 33.8. The average Bonchev–Trinajstić information content (AvgIpc) is 2.79. The van der Waals surface area contributed by atoms with Crippen LogP contribution in [0, 0.1) is 0 Å². The fourth-order valence-corrected chi connectivity index (χ4v) is 3.43. The van der Waals surface area contributed by atoms with Gasteiger partial charge >= 0.3 is 0 Å². The number of hydrogen-bond acceptors (Lipinski definition) is 6. The van der Waals surface area contributed by atoms with Crippen LogP contribution in [-0.2, 0) is 4.79 Å². The van der Waals surface area contributed by atoms with Crippen molar-refractivity contribution in [1.82, 2.24) is 20.1 Å². The lowest BCUT2D eigenvalue weighted by Crippen LogP contribution is -2.42. The summed E-state index contributed by atoms with van der Waals surface area (Å²) in [5.74, 6) is 0.884. The molecule has 0 bridgehead atoms. The minimum atomic E-state index is -0.269. The molecule has 1 aromatic heterocycles. The standard InChI is InChI=1S/C24H32N4O4/c1-27(2)15-9-14-25-22(29)18-28-16-6-3-7-17-31-20-11-4-5-12-21(20)32-23-19(24(28)30)10-8-13-26-23/h4-5,8,10-13H,3,6-7,9,14-18H2,1-2H3,(H,25,29). The fraction of sp³-hybridized carbons (Fsp3) is 0.458. The number of carbonyl (C=O) groups is 2. The van der Waals surface area contributed by atoms with Gasteiger partial charge in [-0.2, -0.15) is 0 Å². The number of ether oxygens (including phenoxy) is 2. The van der Waals surface area contributed by atoms with Gasteiger partial charge in [0.2, 0.25) is 11.8 Å². The van der Waals surface area contributed by atoms with Crippen molar-refractivity contribution in [3.05, 3.63) is 48.2 Å². The van der Waals surface area contributed by atoms with Gasteiger partial charge in [0.1, 0.15) is 5.56 Å². The Kier molecular flexibility index (Phi) is 8.86. The van der Waals surface area contributed by atoms with Crippen molar-refractivity contribution >= 4 is 11.8 Å². The van der Waals surface area contributed by atoms with Crippen LogP contribution in [0.5, 0.6) is 17.4 Å². The number of nitrogens with one attached hydrogen (secondary N) is 1. The Morgan fingerprint density at radius 2 is 1.94 bits per heavy atom. The first kappa shape index (κ1) is 23.5. The molecule has 2 heterocycles. The Balaban J connectivity index is 1.77. The van der Waals surface area contributed by atoms with Crippen LogP contribution in [0.2, 0.25) is 0 Å². The van der Waals surface area contributed by atoms with Crippen molar-refractivity contribution in [2.24, 2.45) is 0 Å². The molecule has 1 aliphatic rings. The number of carbonyl (C=O) groups excluding carboxylic acids is 2. The van der Waals surface area contributed by atoms with Crippen LogP contribution in [0.25, 0.3) is 0 Å². The molecule has 0 fully saturated rings. The molecule has 0 unspecified atom stereocenters. The van der Waals surface area contributed by atoms with Crippen molar-refractivity contribution in [3.63, 3.8) is 0 Å². The van der Waals surface area contributed by atoms with E-state index < -0.39 is 0 Å². The molecule has 2 amide bonds. The smallest absolute Gasteiger partial charge is 0.259 e. The quantitative estimate of drug-likeness (QED) is 0.696. The summed E-state index contributed by atoms with van der Waals surface area (Å²) in [7, 11) is 3.99. The lowest BCUT2D eigenvalue weighted by molar-refractivity contribution is -0.121. The number of amides is 2. The molecule has 32 heavy (non-hydrogen) atoms. The molecule has 0 atom stereocenters.